The van der Waals surface area contributed by atoms with Gasteiger partial charge in [0.1, 0.15) is 12.6 Å². The summed E-state index contributed by atoms with van der Waals surface area (Å²) in [6.07, 6.45) is 1.91. The van der Waals surface area contributed by atoms with Crippen LogP contribution >= 0.6 is 54.0 Å². The topological polar surface area (TPSA) is 36.9 Å². The summed E-state index contributed by atoms with van der Waals surface area (Å²) in [5, 5.41) is 0. The lowest BCUT2D eigenvalue weighted by atomic mass is 10.5. The molecule has 0 fully saturated rings. The van der Waals surface area contributed by atoms with Gasteiger partial charge in [0.2, 0.25) is 19.5 Å². The lowest BCUT2D eigenvalue weighted by Crippen LogP contribution is -2.19. The van der Waals surface area contributed by atoms with Crippen LogP contribution < -0.4 is 0 Å². The summed E-state index contributed by atoms with van der Waals surface area (Å²) in [7, 11) is 1.12. The van der Waals surface area contributed by atoms with E-state index < -0.39 is 0 Å². The molecule has 0 N–H and O–H groups in total. The van der Waals surface area contributed by atoms with Gasteiger partial charge in [-0.3, -0.25) is 0 Å². The molecule has 0 aliphatic carbocycles. The summed E-state index contributed by atoms with van der Waals surface area (Å²) in [6.45, 7) is 18.2. The summed E-state index contributed by atoms with van der Waals surface area (Å²) in [4.78, 5) is 0. The molecule has 4 nitrogen and oxygen atoms in total. The molecule has 0 aliphatic rings. The van der Waals surface area contributed by atoms with E-state index >= 15 is 0 Å². The van der Waals surface area contributed by atoms with E-state index in [1.54, 1.807) is 0 Å². The van der Waals surface area contributed by atoms with E-state index in [4.69, 9.17) is 18.3 Å². The first-order valence-electron chi connectivity index (χ1n) is 8.46. The van der Waals surface area contributed by atoms with Crippen molar-refractivity contribution in [2.45, 2.75) is 91.9 Å². The summed E-state index contributed by atoms with van der Waals surface area (Å²) in [5.74, 6) is 0. The minimum Gasteiger partial charge on any atom is -0.393 e. The molecule has 0 saturated carbocycles. The minimum absolute atomic E-state index is 0. The third-order valence-corrected chi connectivity index (χ3v) is 3.98. The molecule has 0 aromatic carbocycles. The Bertz CT molecular complexity index is 210. The van der Waals surface area contributed by atoms with Crippen molar-refractivity contribution in [1.29, 1.82) is 0 Å². The maximum absolute atomic E-state index is 5.50. The second kappa shape index (κ2) is 31.4. The Hall–Kier alpha value is 1.67. The van der Waals surface area contributed by atoms with Crippen molar-refractivity contribution < 1.29 is 18.3 Å². The highest BCUT2D eigenvalue weighted by molar-refractivity contribution is 7.59. The summed E-state index contributed by atoms with van der Waals surface area (Å²) in [6, 6.07) is 0. The van der Waals surface area contributed by atoms with Gasteiger partial charge in [-0.05, 0) is 37.8 Å². The van der Waals surface area contributed by atoms with Crippen molar-refractivity contribution in [3.05, 3.63) is 0 Å². The number of hydrogen-bond donors (Lipinski definition) is 0. The number of hydrogen-bond acceptors (Lipinski definition) is 4. The van der Waals surface area contributed by atoms with E-state index in [0.29, 0.717) is 30.6 Å². The molecule has 0 aliphatic heterocycles. The zero-order valence-electron chi connectivity index (χ0n) is 17.8. The number of rotatable bonds is 12. The molecule has 0 heterocycles. The van der Waals surface area contributed by atoms with Gasteiger partial charge < -0.3 is 18.3 Å². The molecular formula is C16H44O4S4Si2. The second-order valence-corrected chi connectivity index (χ2v) is 8.62. The molecule has 26 heavy (non-hydrogen) atoms. The van der Waals surface area contributed by atoms with Gasteiger partial charge >= 0.3 is 0 Å². The Morgan fingerprint density at radius 2 is 0.846 bits per heavy atom. The first-order chi connectivity index (χ1) is 10.4. The first kappa shape index (κ1) is 41.9. The Kier molecular flexibility index (Phi) is 50.6. The number of ether oxygens (including phenoxy) is 2. The van der Waals surface area contributed by atoms with Gasteiger partial charge in [0.25, 0.3) is 0 Å². The van der Waals surface area contributed by atoms with Crippen LogP contribution in [-0.2, 0) is 18.3 Å². The fourth-order valence-corrected chi connectivity index (χ4v) is 2.58. The average Bonchev–Trinajstić information content (AvgIpc) is 2.48. The van der Waals surface area contributed by atoms with Crippen LogP contribution in [0.4, 0.5) is 0 Å². The van der Waals surface area contributed by atoms with Gasteiger partial charge in [-0.2, -0.15) is 54.0 Å². The van der Waals surface area contributed by atoms with Crippen LogP contribution in [-0.4, -0.2) is 45.3 Å². The third-order valence-electron chi connectivity index (χ3n) is 2.24. The standard InChI is InChI=1S/2C8H18O2Si.4H2S/c2*1-5-8(9-6-2)10-11-7(3)4;;;;/h2*7-8H,5-6H2,1-4H3;4*1H2. The van der Waals surface area contributed by atoms with Crippen LogP contribution in [0, 0.1) is 0 Å². The largest absolute Gasteiger partial charge is 0.393 e. The van der Waals surface area contributed by atoms with Crippen molar-refractivity contribution in [1.82, 2.24) is 0 Å². The highest BCUT2D eigenvalue weighted by Gasteiger charge is 2.07. The molecule has 10 heteroatoms. The second-order valence-electron chi connectivity index (χ2n) is 5.37. The monoisotopic (exact) mass is 484 g/mol. The van der Waals surface area contributed by atoms with Crippen molar-refractivity contribution >= 4 is 73.5 Å². The Balaban J connectivity index is -0.0000000667. The first-order valence-corrected chi connectivity index (χ1v) is 10.4. The SMILES string of the molecule is CCOC(CC)O[Si]C(C)C.CCOC(CC)O[Si]C(C)C.S.S.S.S. The predicted molar refractivity (Wildman–Crippen MR) is 137 cm³/mol. The van der Waals surface area contributed by atoms with E-state index in [9.17, 15) is 0 Å². The molecule has 0 saturated heterocycles. The maximum atomic E-state index is 5.50. The lowest BCUT2D eigenvalue weighted by molar-refractivity contribution is -0.0769. The summed E-state index contributed by atoms with van der Waals surface area (Å²) >= 11 is 0. The third kappa shape index (κ3) is 33.3. The van der Waals surface area contributed by atoms with Crippen LogP contribution in [0.3, 0.4) is 0 Å². The minimum atomic E-state index is 0. The Labute approximate surface area is 196 Å². The smallest absolute Gasteiger partial charge is 0.236 e. The maximum Gasteiger partial charge on any atom is 0.236 e. The van der Waals surface area contributed by atoms with Crippen molar-refractivity contribution in [2.75, 3.05) is 13.2 Å². The van der Waals surface area contributed by atoms with Crippen molar-refractivity contribution in [3.8, 4) is 0 Å². The quantitative estimate of drug-likeness (QED) is 0.292. The van der Waals surface area contributed by atoms with Gasteiger partial charge in [-0.15, -0.1) is 0 Å². The van der Waals surface area contributed by atoms with E-state index in [-0.39, 0.29) is 66.6 Å². The normalized spacial score (nSPS) is 11.8. The van der Waals surface area contributed by atoms with Gasteiger partial charge in [0.15, 0.2) is 0 Å². The van der Waals surface area contributed by atoms with Crippen LogP contribution in [0.2, 0.25) is 11.1 Å². The molecule has 4 radical (unpaired) electrons. The van der Waals surface area contributed by atoms with Gasteiger partial charge in [0, 0.05) is 13.2 Å². The Morgan fingerprint density at radius 3 is 1.00 bits per heavy atom. The van der Waals surface area contributed by atoms with Gasteiger partial charge in [-0.25, -0.2) is 0 Å². The molecule has 0 amide bonds. The van der Waals surface area contributed by atoms with E-state index in [0.717, 1.165) is 26.1 Å². The van der Waals surface area contributed by atoms with Gasteiger partial charge in [-0.1, -0.05) is 41.5 Å². The highest BCUT2D eigenvalue weighted by Crippen LogP contribution is 2.05. The summed E-state index contributed by atoms with van der Waals surface area (Å²) in [5.41, 5.74) is 1.23. The van der Waals surface area contributed by atoms with Crippen LogP contribution in [0.1, 0.15) is 68.2 Å². The fourth-order valence-electron chi connectivity index (χ4n) is 1.27. The fraction of sp³-hybridized carbons (Fsp3) is 1.00. The molecule has 164 valence electrons. The molecule has 2 atom stereocenters. The molecule has 0 rings (SSSR count). The zero-order chi connectivity index (χ0) is 17.4. The Morgan fingerprint density at radius 1 is 0.577 bits per heavy atom. The van der Waals surface area contributed by atoms with Crippen molar-refractivity contribution in [3.63, 3.8) is 0 Å². The van der Waals surface area contributed by atoms with E-state index in [1.165, 1.54) is 0 Å². The molecule has 0 spiro atoms. The van der Waals surface area contributed by atoms with E-state index in [2.05, 4.69) is 41.5 Å². The zero-order valence-corrected chi connectivity index (χ0v) is 23.8. The van der Waals surface area contributed by atoms with Crippen molar-refractivity contribution in [2.24, 2.45) is 0 Å². The molecule has 0 aromatic rings. The highest BCUT2D eigenvalue weighted by atomic mass is 32.1. The molecule has 0 aromatic heterocycles. The summed E-state index contributed by atoms with van der Waals surface area (Å²) < 4.78 is 21.6. The van der Waals surface area contributed by atoms with Crippen LogP contribution in [0.15, 0.2) is 0 Å². The van der Waals surface area contributed by atoms with Crippen LogP contribution in [0.5, 0.6) is 0 Å². The van der Waals surface area contributed by atoms with E-state index in [1.807, 2.05) is 13.8 Å². The molecule has 2 unspecified atom stereocenters. The average molecular weight is 485 g/mol. The lowest BCUT2D eigenvalue weighted by Gasteiger charge is -2.16. The predicted octanol–water partition coefficient (Wildman–Crippen LogP) is 4.90. The molecular weight excluding hydrogens is 441 g/mol. The molecule has 0 bridgehead atoms. The van der Waals surface area contributed by atoms with Gasteiger partial charge in [0.05, 0.1) is 0 Å². The van der Waals surface area contributed by atoms with Crippen LogP contribution in [0.25, 0.3) is 0 Å².